The van der Waals surface area contributed by atoms with Gasteiger partial charge >= 0.3 is 0 Å². The molecule has 0 nitrogen and oxygen atoms in total. The minimum Gasteiger partial charge on any atom is -0.0622 e. The SMILES string of the molecule is Cc1ccc(C2(c3ccccc3)c3ccc4ccccc4c3-c3c2ccc2ccccc32)cc1. The molecule has 6 aromatic rings. The van der Waals surface area contributed by atoms with Crippen LogP contribution in [0.1, 0.15) is 27.8 Å². The smallest absolute Gasteiger partial charge is 0.0622 e. The third-order valence-corrected chi connectivity index (χ3v) is 7.61. The van der Waals surface area contributed by atoms with Gasteiger partial charge in [0.15, 0.2) is 0 Å². The number of fused-ring (bicyclic) bond motifs is 7. The molecule has 6 aromatic carbocycles. The van der Waals surface area contributed by atoms with Crippen molar-refractivity contribution < 1.29 is 0 Å². The molecule has 0 atom stereocenters. The summed E-state index contributed by atoms with van der Waals surface area (Å²) in [6.07, 6.45) is 0. The number of benzene rings is 6. The summed E-state index contributed by atoms with van der Waals surface area (Å²) in [5.74, 6) is 0. The highest BCUT2D eigenvalue weighted by molar-refractivity contribution is 6.12. The minimum atomic E-state index is -0.367. The van der Waals surface area contributed by atoms with Gasteiger partial charge in [0.25, 0.3) is 0 Å². The van der Waals surface area contributed by atoms with Crippen molar-refractivity contribution in [1.82, 2.24) is 0 Å². The Balaban J connectivity index is 1.75. The van der Waals surface area contributed by atoms with Gasteiger partial charge in [-0.25, -0.2) is 0 Å². The Kier molecular flexibility index (Phi) is 4.07. The fourth-order valence-electron chi connectivity index (χ4n) is 6.13. The lowest BCUT2D eigenvalue weighted by molar-refractivity contribution is 0.769. The molecule has 0 aromatic heterocycles. The van der Waals surface area contributed by atoms with Crippen LogP contribution in [-0.4, -0.2) is 0 Å². The van der Waals surface area contributed by atoms with E-state index in [9.17, 15) is 0 Å². The van der Waals surface area contributed by atoms with E-state index < -0.39 is 0 Å². The lowest BCUT2D eigenvalue weighted by Gasteiger charge is -2.34. The van der Waals surface area contributed by atoms with Gasteiger partial charge in [-0.15, -0.1) is 0 Å². The number of rotatable bonds is 2. The highest BCUT2D eigenvalue weighted by Gasteiger charge is 2.47. The summed E-state index contributed by atoms with van der Waals surface area (Å²) in [7, 11) is 0. The van der Waals surface area contributed by atoms with Gasteiger partial charge in [0.2, 0.25) is 0 Å². The lowest BCUT2D eigenvalue weighted by Crippen LogP contribution is -2.28. The van der Waals surface area contributed by atoms with Gasteiger partial charge < -0.3 is 0 Å². The van der Waals surface area contributed by atoms with Crippen LogP contribution in [0, 0.1) is 6.92 Å². The normalized spacial score (nSPS) is 13.7. The van der Waals surface area contributed by atoms with Crippen molar-refractivity contribution in [2.45, 2.75) is 12.3 Å². The Labute approximate surface area is 200 Å². The second-order valence-corrected chi connectivity index (χ2v) is 9.40. The molecule has 0 fully saturated rings. The van der Waals surface area contributed by atoms with Crippen LogP contribution in [0.3, 0.4) is 0 Å². The molecule has 0 bridgehead atoms. The molecule has 0 heterocycles. The molecule has 1 aliphatic rings. The summed E-state index contributed by atoms with van der Waals surface area (Å²) < 4.78 is 0. The molecule has 0 saturated heterocycles. The van der Waals surface area contributed by atoms with Crippen molar-refractivity contribution in [3.63, 3.8) is 0 Å². The van der Waals surface area contributed by atoms with E-state index >= 15 is 0 Å². The van der Waals surface area contributed by atoms with Crippen LogP contribution in [0.15, 0.2) is 127 Å². The molecule has 7 rings (SSSR count). The molecule has 34 heavy (non-hydrogen) atoms. The molecule has 0 N–H and O–H groups in total. The van der Waals surface area contributed by atoms with E-state index in [0.29, 0.717) is 0 Å². The van der Waals surface area contributed by atoms with Gasteiger partial charge in [-0.3, -0.25) is 0 Å². The molecule has 1 aliphatic carbocycles. The molecule has 0 spiro atoms. The molecular weight excluding hydrogens is 408 g/mol. The van der Waals surface area contributed by atoms with Gasteiger partial charge in [0, 0.05) is 0 Å². The first-order valence-electron chi connectivity index (χ1n) is 12.0. The Hall–Kier alpha value is -4.16. The van der Waals surface area contributed by atoms with E-state index in [0.717, 1.165) is 0 Å². The zero-order chi connectivity index (χ0) is 22.7. The average molecular weight is 433 g/mol. The largest absolute Gasteiger partial charge is 0.0714 e. The van der Waals surface area contributed by atoms with Gasteiger partial charge in [-0.05, 0) is 61.8 Å². The van der Waals surface area contributed by atoms with Crippen LogP contribution in [0.4, 0.5) is 0 Å². The highest BCUT2D eigenvalue weighted by Crippen LogP contribution is 2.59. The first-order valence-corrected chi connectivity index (χ1v) is 12.0. The summed E-state index contributed by atoms with van der Waals surface area (Å²) in [4.78, 5) is 0. The van der Waals surface area contributed by atoms with Crippen molar-refractivity contribution in [3.8, 4) is 11.1 Å². The molecule has 160 valence electrons. The van der Waals surface area contributed by atoms with E-state index in [-0.39, 0.29) is 5.41 Å². The summed E-state index contributed by atoms with van der Waals surface area (Å²) in [6.45, 7) is 2.16. The van der Waals surface area contributed by atoms with E-state index in [1.165, 1.54) is 60.5 Å². The summed E-state index contributed by atoms with van der Waals surface area (Å²) in [6, 6.07) is 47.2. The summed E-state index contributed by atoms with van der Waals surface area (Å²) in [5.41, 5.74) is 9.01. The van der Waals surface area contributed by atoms with Crippen molar-refractivity contribution in [2.75, 3.05) is 0 Å². The molecule has 0 heteroatoms. The quantitative estimate of drug-likeness (QED) is 0.256. The second-order valence-electron chi connectivity index (χ2n) is 9.40. The Morgan fingerprint density at radius 3 is 1.44 bits per heavy atom. The van der Waals surface area contributed by atoms with Gasteiger partial charge in [-0.1, -0.05) is 133 Å². The predicted octanol–water partition coefficient (Wildman–Crippen LogP) is 8.66. The van der Waals surface area contributed by atoms with Crippen molar-refractivity contribution in [3.05, 3.63) is 155 Å². The number of aryl methyl sites for hydroxylation is 1. The van der Waals surface area contributed by atoms with Crippen LogP contribution in [-0.2, 0) is 5.41 Å². The zero-order valence-corrected chi connectivity index (χ0v) is 19.1. The molecule has 0 aliphatic heterocycles. The number of hydrogen-bond donors (Lipinski definition) is 0. The van der Waals surface area contributed by atoms with Crippen LogP contribution >= 0.6 is 0 Å². The van der Waals surface area contributed by atoms with Crippen molar-refractivity contribution in [1.29, 1.82) is 0 Å². The molecule has 0 saturated carbocycles. The van der Waals surface area contributed by atoms with Crippen molar-refractivity contribution >= 4 is 21.5 Å². The monoisotopic (exact) mass is 432 g/mol. The third-order valence-electron chi connectivity index (χ3n) is 7.61. The van der Waals surface area contributed by atoms with Crippen LogP contribution < -0.4 is 0 Å². The number of hydrogen-bond acceptors (Lipinski definition) is 0. The lowest BCUT2D eigenvalue weighted by atomic mass is 9.67. The third kappa shape index (κ3) is 2.48. The van der Waals surface area contributed by atoms with Gasteiger partial charge in [0.1, 0.15) is 0 Å². The topological polar surface area (TPSA) is 0 Å². The standard InChI is InChI=1S/C34H24/c1-23-15-19-27(20-16-23)34(26-11-3-2-4-12-26)30-21-17-24-9-5-7-13-28(24)32(30)33-29-14-8-6-10-25(29)18-22-31(33)34/h2-22H,1H3. The second kappa shape index (κ2) is 7.17. The van der Waals surface area contributed by atoms with Crippen molar-refractivity contribution in [2.24, 2.45) is 0 Å². The summed E-state index contributed by atoms with van der Waals surface area (Å²) in [5, 5.41) is 5.21. The Morgan fingerprint density at radius 2 is 0.882 bits per heavy atom. The fourth-order valence-corrected chi connectivity index (χ4v) is 6.13. The maximum absolute atomic E-state index is 2.37. The highest BCUT2D eigenvalue weighted by atomic mass is 14.5. The minimum absolute atomic E-state index is 0.367. The maximum atomic E-state index is 2.37. The van der Waals surface area contributed by atoms with Crippen LogP contribution in [0.25, 0.3) is 32.7 Å². The molecule has 0 radical (unpaired) electrons. The summed E-state index contributed by atoms with van der Waals surface area (Å²) >= 11 is 0. The first-order chi connectivity index (χ1) is 16.8. The first kappa shape index (κ1) is 19.3. The Bertz CT molecular complexity index is 1600. The van der Waals surface area contributed by atoms with Crippen LogP contribution in [0.5, 0.6) is 0 Å². The fraction of sp³-hybridized carbons (Fsp3) is 0.0588. The van der Waals surface area contributed by atoms with Crippen LogP contribution in [0.2, 0.25) is 0 Å². The maximum Gasteiger partial charge on any atom is 0.0714 e. The average Bonchev–Trinajstić information content (AvgIpc) is 3.22. The van der Waals surface area contributed by atoms with E-state index in [2.05, 4.69) is 134 Å². The predicted molar refractivity (Wildman–Crippen MR) is 143 cm³/mol. The van der Waals surface area contributed by atoms with Gasteiger partial charge in [-0.2, -0.15) is 0 Å². The molecular formula is C34H24. The van der Waals surface area contributed by atoms with E-state index in [4.69, 9.17) is 0 Å². The van der Waals surface area contributed by atoms with E-state index in [1.807, 2.05) is 0 Å². The Morgan fingerprint density at radius 1 is 0.412 bits per heavy atom. The van der Waals surface area contributed by atoms with E-state index in [1.54, 1.807) is 0 Å². The molecule has 0 amide bonds. The zero-order valence-electron chi connectivity index (χ0n) is 19.1. The molecule has 0 unspecified atom stereocenters. The van der Waals surface area contributed by atoms with Gasteiger partial charge in [0.05, 0.1) is 5.41 Å².